The van der Waals surface area contributed by atoms with E-state index in [9.17, 15) is 31.0 Å². The van der Waals surface area contributed by atoms with Crippen molar-refractivity contribution in [3.8, 4) is 0 Å². The van der Waals surface area contributed by atoms with E-state index < -0.39 is 42.3 Å². The van der Waals surface area contributed by atoms with Crippen LogP contribution in [0.1, 0.15) is 33.6 Å². The zero-order valence-electron chi connectivity index (χ0n) is 13.8. The fourth-order valence-electron chi connectivity index (χ4n) is 2.44. The maximum atomic E-state index is 12.2. The Kier molecular flexibility index (Phi) is 8.86. The van der Waals surface area contributed by atoms with Crippen LogP contribution in [0.5, 0.6) is 0 Å². The summed E-state index contributed by atoms with van der Waals surface area (Å²) in [6.45, 7) is -0.0609. The number of benzene rings is 1. The van der Waals surface area contributed by atoms with E-state index in [-0.39, 0.29) is 60.1 Å². The first kappa shape index (κ1) is 24.1. The minimum absolute atomic E-state index is 0. The summed E-state index contributed by atoms with van der Waals surface area (Å²) in [6, 6.07) is 4.90. The van der Waals surface area contributed by atoms with E-state index in [0.717, 1.165) is 0 Å². The van der Waals surface area contributed by atoms with Gasteiger partial charge in [-0.2, -0.15) is 8.42 Å². The van der Waals surface area contributed by atoms with Crippen LogP contribution < -0.4 is 29.6 Å². The van der Waals surface area contributed by atoms with E-state index in [4.69, 9.17) is 0 Å². The number of carbonyl (C=O) groups is 2. The second-order valence-corrected chi connectivity index (χ2v) is 9.78. The Morgan fingerprint density at radius 3 is 2.19 bits per heavy atom. The molecule has 1 fully saturated rings. The summed E-state index contributed by atoms with van der Waals surface area (Å²) in [5.41, 5.74) is 0.0300. The Balaban J connectivity index is 0.00000338. The van der Waals surface area contributed by atoms with E-state index in [0.29, 0.717) is 4.43 Å². The van der Waals surface area contributed by atoms with Crippen LogP contribution in [0.3, 0.4) is 0 Å². The SMILES string of the molecule is O=C(c1ccc(C(=O)C2CCOS2(=O)=O)cc1)C(CCI)S(=O)(=O)[O-].[Na+]. The Morgan fingerprint density at radius 2 is 1.77 bits per heavy atom. The van der Waals surface area contributed by atoms with Crippen LogP contribution in [0.25, 0.3) is 0 Å². The van der Waals surface area contributed by atoms with Crippen LogP contribution in [0.4, 0.5) is 0 Å². The molecule has 1 saturated heterocycles. The van der Waals surface area contributed by atoms with E-state index in [1.807, 2.05) is 22.6 Å². The molecule has 12 heteroatoms. The van der Waals surface area contributed by atoms with Crippen molar-refractivity contribution < 1.29 is 64.7 Å². The minimum atomic E-state index is -4.80. The molecule has 0 aliphatic carbocycles. The van der Waals surface area contributed by atoms with Gasteiger partial charge in [0.15, 0.2) is 16.8 Å². The third-order valence-electron chi connectivity index (χ3n) is 3.73. The van der Waals surface area contributed by atoms with Gasteiger partial charge in [0.1, 0.15) is 15.4 Å². The third kappa shape index (κ3) is 5.56. The van der Waals surface area contributed by atoms with Crippen LogP contribution in [-0.4, -0.2) is 54.5 Å². The molecule has 1 aromatic rings. The van der Waals surface area contributed by atoms with Crippen molar-refractivity contribution in [1.82, 2.24) is 0 Å². The monoisotopic (exact) mass is 524 g/mol. The van der Waals surface area contributed by atoms with Gasteiger partial charge >= 0.3 is 29.6 Å². The second kappa shape index (κ2) is 9.54. The summed E-state index contributed by atoms with van der Waals surface area (Å²) < 4.78 is 61.8. The Labute approximate surface area is 187 Å². The third-order valence-corrected chi connectivity index (χ3v) is 7.15. The van der Waals surface area contributed by atoms with E-state index in [1.54, 1.807) is 0 Å². The largest absolute Gasteiger partial charge is 1.00 e. The molecule has 138 valence electrons. The normalized spacial score (nSPS) is 20.2. The van der Waals surface area contributed by atoms with E-state index in [2.05, 4.69) is 4.18 Å². The van der Waals surface area contributed by atoms with Crippen LogP contribution >= 0.6 is 22.6 Å². The molecule has 2 unspecified atom stereocenters. The maximum Gasteiger partial charge on any atom is 1.00 e. The van der Waals surface area contributed by atoms with Gasteiger partial charge in [-0.05, 0) is 12.8 Å². The molecule has 2 atom stereocenters. The van der Waals surface area contributed by atoms with Gasteiger partial charge in [0.25, 0.3) is 10.1 Å². The second-order valence-electron chi connectivity index (χ2n) is 5.36. The van der Waals surface area contributed by atoms with Gasteiger partial charge in [-0.15, -0.1) is 0 Å². The quantitative estimate of drug-likeness (QED) is 0.0991. The summed E-state index contributed by atoms with van der Waals surface area (Å²) in [4.78, 5) is 24.5. The van der Waals surface area contributed by atoms with Crippen LogP contribution in [0, 0.1) is 0 Å². The van der Waals surface area contributed by atoms with Gasteiger partial charge in [-0.3, -0.25) is 13.8 Å². The molecule has 0 aromatic heterocycles. The summed E-state index contributed by atoms with van der Waals surface area (Å²) in [5, 5.41) is -2.97. The van der Waals surface area contributed by atoms with Gasteiger partial charge < -0.3 is 4.55 Å². The molecule has 1 aliphatic heterocycles. The van der Waals surface area contributed by atoms with Gasteiger partial charge in [-0.25, -0.2) is 8.42 Å². The van der Waals surface area contributed by atoms with Crippen LogP contribution in [-0.2, 0) is 24.4 Å². The standard InChI is InChI=1S/C14H15IO8S2.Na/c15-7-5-11(24(18,19)20)13(16)9-1-3-10(4-2-9)14(17)12-6-8-23-25(12,21)22;/h1-4,11-12H,5-8H2,(H,18,19,20);/q;+1/p-1. The first-order chi connectivity index (χ1) is 11.6. The van der Waals surface area contributed by atoms with Crippen molar-refractivity contribution in [3.05, 3.63) is 35.4 Å². The molecule has 0 bridgehead atoms. The van der Waals surface area contributed by atoms with Gasteiger partial charge in [0.05, 0.1) is 6.61 Å². The zero-order valence-corrected chi connectivity index (χ0v) is 19.5. The fourth-order valence-corrected chi connectivity index (χ4v) is 5.56. The Hall–Kier alpha value is 0.110. The van der Waals surface area contributed by atoms with E-state index >= 15 is 0 Å². The maximum absolute atomic E-state index is 12.2. The Morgan fingerprint density at radius 1 is 1.23 bits per heavy atom. The van der Waals surface area contributed by atoms with Crippen molar-refractivity contribution in [1.29, 1.82) is 0 Å². The molecule has 1 aromatic carbocycles. The Bertz CT molecular complexity index is 880. The zero-order chi connectivity index (χ0) is 18.8. The smallest absolute Gasteiger partial charge is 0.747 e. The number of halogens is 1. The summed E-state index contributed by atoms with van der Waals surface area (Å²) in [7, 11) is -8.74. The summed E-state index contributed by atoms with van der Waals surface area (Å²) >= 11 is 1.87. The van der Waals surface area contributed by atoms with Crippen LogP contribution in [0.15, 0.2) is 24.3 Å². The number of hydrogen-bond acceptors (Lipinski definition) is 8. The molecule has 0 radical (unpaired) electrons. The molecule has 0 spiro atoms. The number of ketones is 2. The van der Waals surface area contributed by atoms with Crippen molar-refractivity contribution in [3.63, 3.8) is 0 Å². The molecule has 8 nitrogen and oxygen atoms in total. The predicted molar refractivity (Wildman–Crippen MR) is 95.4 cm³/mol. The van der Waals surface area contributed by atoms with Gasteiger partial charge in [-0.1, -0.05) is 46.9 Å². The van der Waals surface area contributed by atoms with Crippen LogP contribution in [0.2, 0.25) is 0 Å². The topological polar surface area (TPSA) is 135 Å². The molecule has 0 N–H and O–H groups in total. The first-order valence-electron chi connectivity index (χ1n) is 7.15. The average molecular weight is 524 g/mol. The van der Waals surface area contributed by atoms with Gasteiger partial charge in [0, 0.05) is 15.6 Å². The molecular weight excluding hydrogens is 510 g/mol. The molecule has 1 heterocycles. The molecule has 26 heavy (non-hydrogen) atoms. The molecule has 1 aliphatic rings. The predicted octanol–water partition coefficient (Wildman–Crippen LogP) is -2.09. The molecule has 0 saturated carbocycles. The van der Waals surface area contributed by atoms with Crippen molar-refractivity contribution in [2.24, 2.45) is 0 Å². The minimum Gasteiger partial charge on any atom is -0.747 e. The summed E-state index contributed by atoms with van der Waals surface area (Å²) in [5.74, 6) is -1.50. The van der Waals surface area contributed by atoms with Crippen molar-refractivity contribution in [2.75, 3.05) is 11.0 Å². The number of carbonyl (C=O) groups excluding carboxylic acids is 2. The summed E-state index contributed by atoms with van der Waals surface area (Å²) in [6.07, 6.45) is -0.0580. The van der Waals surface area contributed by atoms with E-state index in [1.165, 1.54) is 24.3 Å². The fraction of sp³-hybridized carbons (Fsp3) is 0.429. The first-order valence-corrected chi connectivity index (χ1v) is 11.6. The number of Topliss-reactive ketones (excluding diaryl/α,β-unsaturated/α-hetero) is 2. The number of rotatable bonds is 7. The molecule has 0 amide bonds. The average Bonchev–Trinajstić information content (AvgIpc) is 2.89. The number of hydrogen-bond donors (Lipinski definition) is 0. The van der Waals surface area contributed by atoms with Crippen molar-refractivity contribution in [2.45, 2.75) is 23.3 Å². The number of alkyl halides is 1. The van der Waals surface area contributed by atoms with Crippen molar-refractivity contribution >= 4 is 54.4 Å². The molecule has 2 rings (SSSR count). The van der Waals surface area contributed by atoms with Gasteiger partial charge in [0.2, 0.25) is 0 Å². The molecular formula is C14H14INaO8S2.